The Morgan fingerprint density at radius 2 is 1.63 bits per heavy atom. The third-order valence-corrected chi connectivity index (χ3v) is 5.35. The number of benzene rings is 3. The van der Waals surface area contributed by atoms with Crippen molar-refractivity contribution in [3.8, 4) is 11.5 Å². The molecule has 0 spiro atoms. The number of carboxylic acids is 1. The van der Waals surface area contributed by atoms with Gasteiger partial charge >= 0.3 is 5.97 Å². The topological polar surface area (TPSA) is 76.1 Å². The van der Waals surface area contributed by atoms with Gasteiger partial charge in [0.15, 0.2) is 0 Å². The van der Waals surface area contributed by atoms with E-state index in [-0.39, 0.29) is 25.6 Å². The first-order chi connectivity index (χ1) is 14.4. The van der Waals surface area contributed by atoms with Gasteiger partial charge < -0.3 is 19.5 Å². The molecule has 1 fully saturated rings. The van der Waals surface area contributed by atoms with E-state index in [1.165, 1.54) is 29.2 Å². The van der Waals surface area contributed by atoms with Crippen molar-refractivity contribution in [1.82, 2.24) is 4.90 Å². The van der Waals surface area contributed by atoms with Gasteiger partial charge in [0.2, 0.25) is 0 Å². The quantitative estimate of drug-likeness (QED) is 0.673. The average molecular weight is 409 g/mol. The monoisotopic (exact) mass is 409 g/mol. The molecular formula is C23H20FNO5. The Morgan fingerprint density at radius 1 is 1.00 bits per heavy atom. The first-order valence-corrected chi connectivity index (χ1v) is 9.39. The SMILES string of the molecule is COc1ccc2ccc(OCC3(C(=O)O)CN(C(=O)c4ccc(F)cc4)C3)cc2c1. The fourth-order valence-electron chi connectivity index (χ4n) is 3.53. The number of hydrogen-bond donors (Lipinski definition) is 1. The predicted octanol–water partition coefficient (Wildman–Crippen LogP) is 3.59. The van der Waals surface area contributed by atoms with Crippen molar-refractivity contribution < 1.29 is 28.6 Å². The Labute approximate surface area is 172 Å². The van der Waals surface area contributed by atoms with E-state index < -0.39 is 17.2 Å². The molecule has 0 aliphatic carbocycles. The van der Waals surface area contributed by atoms with Gasteiger partial charge in [0.25, 0.3) is 5.91 Å². The van der Waals surface area contributed by atoms with Crippen LogP contribution in [0.1, 0.15) is 10.4 Å². The van der Waals surface area contributed by atoms with Gasteiger partial charge in [-0.25, -0.2) is 4.39 Å². The van der Waals surface area contributed by atoms with Crippen LogP contribution in [0.15, 0.2) is 60.7 Å². The van der Waals surface area contributed by atoms with Crippen molar-refractivity contribution in [1.29, 1.82) is 0 Å². The molecule has 1 heterocycles. The Balaban J connectivity index is 1.45. The van der Waals surface area contributed by atoms with Gasteiger partial charge in [0.1, 0.15) is 29.3 Å². The van der Waals surface area contributed by atoms with Crippen molar-refractivity contribution in [2.75, 3.05) is 26.8 Å². The van der Waals surface area contributed by atoms with Crippen LogP contribution in [0.2, 0.25) is 0 Å². The summed E-state index contributed by atoms with van der Waals surface area (Å²) in [6.07, 6.45) is 0. The number of carboxylic acid groups (broad SMARTS) is 1. The highest BCUT2D eigenvalue weighted by atomic mass is 19.1. The van der Waals surface area contributed by atoms with Gasteiger partial charge in [-0.15, -0.1) is 0 Å². The number of halogens is 1. The number of carbonyl (C=O) groups excluding carboxylic acids is 1. The lowest BCUT2D eigenvalue weighted by Crippen LogP contribution is -2.64. The van der Waals surface area contributed by atoms with Gasteiger partial charge in [-0.3, -0.25) is 9.59 Å². The van der Waals surface area contributed by atoms with Crippen LogP contribution in [0.5, 0.6) is 11.5 Å². The second-order valence-corrected chi connectivity index (χ2v) is 7.42. The maximum atomic E-state index is 13.1. The third-order valence-electron chi connectivity index (χ3n) is 5.35. The molecule has 6 nitrogen and oxygen atoms in total. The number of fused-ring (bicyclic) bond motifs is 1. The van der Waals surface area contributed by atoms with E-state index in [2.05, 4.69) is 0 Å². The summed E-state index contributed by atoms with van der Waals surface area (Å²) in [6.45, 7) is -0.00903. The molecule has 4 rings (SSSR count). The van der Waals surface area contributed by atoms with Gasteiger partial charge in [0, 0.05) is 18.7 Å². The zero-order chi connectivity index (χ0) is 21.3. The van der Waals surface area contributed by atoms with Crippen LogP contribution in [-0.4, -0.2) is 48.7 Å². The first kappa shape index (κ1) is 19.7. The summed E-state index contributed by atoms with van der Waals surface area (Å²) in [5, 5.41) is 11.6. The second-order valence-electron chi connectivity index (χ2n) is 7.42. The van der Waals surface area contributed by atoms with E-state index in [1.807, 2.05) is 30.3 Å². The van der Waals surface area contributed by atoms with Crippen molar-refractivity contribution in [2.24, 2.45) is 5.41 Å². The molecule has 1 saturated heterocycles. The summed E-state index contributed by atoms with van der Waals surface area (Å²) in [4.78, 5) is 25.8. The number of carbonyl (C=O) groups is 2. The molecule has 154 valence electrons. The van der Waals surface area contributed by atoms with Crippen molar-refractivity contribution in [2.45, 2.75) is 0 Å². The molecule has 1 N–H and O–H groups in total. The lowest BCUT2D eigenvalue weighted by atomic mass is 9.80. The normalized spacial score (nSPS) is 14.8. The number of amides is 1. The summed E-state index contributed by atoms with van der Waals surface area (Å²) in [5.74, 6) is -0.524. The van der Waals surface area contributed by atoms with E-state index in [1.54, 1.807) is 13.2 Å². The molecule has 7 heteroatoms. The van der Waals surface area contributed by atoms with Crippen LogP contribution in [0, 0.1) is 11.2 Å². The van der Waals surface area contributed by atoms with Gasteiger partial charge in [-0.05, 0) is 59.3 Å². The number of ether oxygens (including phenoxy) is 2. The highest BCUT2D eigenvalue weighted by molar-refractivity contribution is 5.96. The van der Waals surface area contributed by atoms with E-state index in [4.69, 9.17) is 9.47 Å². The summed E-state index contributed by atoms with van der Waals surface area (Å²) in [7, 11) is 1.59. The summed E-state index contributed by atoms with van der Waals surface area (Å²) < 4.78 is 24.1. The lowest BCUT2D eigenvalue weighted by molar-refractivity contribution is -0.161. The number of aliphatic carboxylic acids is 1. The van der Waals surface area contributed by atoms with Gasteiger partial charge in [-0.1, -0.05) is 12.1 Å². The van der Waals surface area contributed by atoms with Crippen molar-refractivity contribution in [3.05, 3.63) is 72.0 Å². The molecule has 0 aromatic heterocycles. The largest absolute Gasteiger partial charge is 0.497 e. The minimum absolute atomic E-state index is 0.0277. The summed E-state index contributed by atoms with van der Waals surface area (Å²) in [6, 6.07) is 16.4. The highest BCUT2D eigenvalue weighted by Crippen LogP contribution is 2.34. The number of nitrogens with zero attached hydrogens (tertiary/aromatic N) is 1. The van der Waals surface area contributed by atoms with E-state index in [0.29, 0.717) is 11.3 Å². The third kappa shape index (κ3) is 3.66. The molecule has 0 atom stereocenters. The molecule has 30 heavy (non-hydrogen) atoms. The smallest absolute Gasteiger partial charge is 0.316 e. The Morgan fingerprint density at radius 3 is 2.27 bits per heavy atom. The maximum Gasteiger partial charge on any atom is 0.316 e. The minimum atomic E-state index is -1.18. The molecular weight excluding hydrogens is 389 g/mol. The number of rotatable bonds is 6. The number of hydrogen-bond acceptors (Lipinski definition) is 4. The summed E-state index contributed by atoms with van der Waals surface area (Å²) >= 11 is 0. The zero-order valence-corrected chi connectivity index (χ0v) is 16.3. The molecule has 0 unspecified atom stereocenters. The van der Waals surface area contributed by atoms with Crippen LogP contribution in [0.25, 0.3) is 10.8 Å². The molecule has 0 radical (unpaired) electrons. The van der Waals surface area contributed by atoms with Crippen molar-refractivity contribution in [3.63, 3.8) is 0 Å². The molecule has 0 saturated carbocycles. The van der Waals surface area contributed by atoms with E-state index in [0.717, 1.165) is 16.5 Å². The lowest BCUT2D eigenvalue weighted by Gasteiger charge is -2.46. The molecule has 3 aromatic carbocycles. The standard InChI is InChI=1S/C23H20FNO5/c1-29-19-8-4-15-5-9-20(11-17(15)10-19)30-14-23(22(27)28)12-25(13-23)21(26)16-2-6-18(24)7-3-16/h2-11H,12-14H2,1H3,(H,27,28). The fraction of sp³-hybridized carbons (Fsp3) is 0.217. The highest BCUT2D eigenvalue weighted by Gasteiger charge is 2.52. The molecule has 1 aliphatic rings. The minimum Gasteiger partial charge on any atom is -0.497 e. The first-order valence-electron chi connectivity index (χ1n) is 9.39. The van der Waals surface area contributed by atoms with Crippen LogP contribution in [-0.2, 0) is 4.79 Å². The number of methoxy groups -OCH3 is 1. The van der Waals surface area contributed by atoms with E-state index in [9.17, 15) is 19.1 Å². The van der Waals surface area contributed by atoms with E-state index >= 15 is 0 Å². The predicted molar refractivity (Wildman–Crippen MR) is 108 cm³/mol. The van der Waals surface area contributed by atoms with Gasteiger partial charge in [-0.2, -0.15) is 0 Å². The Bertz CT molecular complexity index is 1110. The van der Waals surface area contributed by atoms with Crippen LogP contribution in [0.4, 0.5) is 4.39 Å². The second kappa shape index (κ2) is 7.67. The summed E-state index contributed by atoms with van der Waals surface area (Å²) in [5.41, 5.74) is -0.862. The Hall–Kier alpha value is -3.61. The molecule has 1 amide bonds. The molecule has 1 aliphatic heterocycles. The van der Waals surface area contributed by atoms with Crippen LogP contribution >= 0.6 is 0 Å². The van der Waals surface area contributed by atoms with Gasteiger partial charge in [0.05, 0.1) is 7.11 Å². The number of likely N-dealkylation sites (tertiary alicyclic amines) is 1. The van der Waals surface area contributed by atoms with Crippen molar-refractivity contribution >= 4 is 22.6 Å². The Kier molecular flexibility index (Phi) is 5.03. The fourth-order valence-corrected chi connectivity index (χ4v) is 3.53. The van der Waals surface area contributed by atoms with Crippen LogP contribution in [0.3, 0.4) is 0 Å². The zero-order valence-electron chi connectivity index (χ0n) is 16.3. The molecule has 0 bridgehead atoms. The molecule has 3 aromatic rings. The maximum absolute atomic E-state index is 13.1. The average Bonchev–Trinajstić information content (AvgIpc) is 2.72. The van der Waals surface area contributed by atoms with Crippen LogP contribution < -0.4 is 9.47 Å².